The Labute approximate surface area is 91.2 Å². The second-order valence-electron chi connectivity index (χ2n) is 4.04. The van der Waals surface area contributed by atoms with Crippen molar-refractivity contribution in [3.05, 3.63) is 29.1 Å². The Bertz CT molecular complexity index is 416. The molecule has 0 aromatic heterocycles. The number of alkyl halides is 2. The zero-order chi connectivity index (χ0) is 11.9. The van der Waals surface area contributed by atoms with Crippen LogP contribution in [0.25, 0.3) is 0 Å². The predicted octanol–water partition coefficient (Wildman–Crippen LogP) is 2.72. The highest BCUT2D eigenvalue weighted by molar-refractivity contribution is 5.46. The van der Waals surface area contributed by atoms with Gasteiger partial charge in [-0.2, -0.15) is 0 Å². The van der Waals surface area contributed by atoms with Crippen LogP contribution < -0.4 is 10.5 Å². The molecule has 5 heteroatoms. The number of hydrogen-bond donors (Lipinski definition) is 1. The van der Waals surface area contributed by atoms with Gasteiger partial charge >= 0.3 is 0 Å². The van der Waals surface area contributed by atoms with Crippen LogP contribution >= 0.6 is 0 Å². The minimum Gasteiger partial charge on any atom is -0.493 e. The molecule has 1 saturated carbocycles. The lowest BCUT2D eigenvalue weighted by Crippen LogP contribution is -2.20. The van der Waals surface area contributed by atoms with Crippen molar-refractivity contribution in [2.75, 3.05) is 7.11 Å². The number of nitrogens with two attached hydrogens (primary N) is 1. The Balaban J connectivity index is 2.55. The molecule has 0 radical (unpaired) electrons. The fourth-order valence-electron chi connectivity index (χ4n) is 1.72. The van der Waals surface area contributed by atoms with E-state index in [1.807, 2.05) is 0 Å². The molecule has 1 fully saturated rings. The summed E-state index contributed by atoms with van der Waals surface area (Å²) in [5, 5.41) is 0. The topological polar surface area (TPSA) is 35.2 Å². The van der Waals surface area contributed by atoms with Gasteiger partial charge in [0.25, 0.3) is 6.43 Å². The van der Waals surface area contributed by atoms with Crippen LogP contribution in [0.15, 0.2) is 12.1 Å². The van der Waals surface area contributed by atoms with Crippen LogP contribution in [0.4, 0.5) is 13.2 Å². The molecule has 1 aromatic rings. The van der Waals surface area contributed by atoms with Crippen molar-refractivity contribution in [3.8, 4) is 5.75 Å². The molecule has 2 nitrogen and oxygen atoms in total. The standard InChI is InChI=1S/C11H12F3NO/c1-16-9-7(11(15)2-3-11)4-6(10(13)14)5-8(9)12/h4-5,10H,2-3,15H2,1H3. The molecule has 1 aliphatic carbocycles. The maximum Gasteiger partial charge on any atom is 0.263 e. The molecule has 16 heavy (non-hydrogen) atoms. The lowest BCUT2D eigenvalue weighted by Gasteiger charge is -2.16. The highest BCUT2D eigenvalue weighted by Crippen LogP contribution is 2.48. The normalized spacial score (nSPS) is 17.6. The lowest BCUT2D eigenvalue weighted by atomic mass is 10.0. The molecule has 2 N–H and O–H groups in total. The minimum absolute atomic E-state index is 0.0237. The molecule has 0 aliphatic heterocycles. The van der Waals surface area contributed by atoms with Crippen molar-refractivity contribution >= 4 is 0 Å². The summed E-state index contributed by atoms with van der Waals surface area (Å²) >= 11 is 0. The van der Waals surface area contributed by atoms with E-state index in [0.29, 0.717) is 18.4 Å². The van der Waals surface area contributed by atoms with Gasteiger partial charge in [-0.05, 0) is 25.0 Å². The third-order valence-corrected chi connectivity index (χ3v) is 2.85. The van der Waals surface area contributed by atoms with Crippen LogP contribution in [0.3, 0.4) is 0 Å². The molecule has 2 rings (SSSR count). The second-order valence-corrected chi connectivity index (χ2v) is 4.04. The highest BCUT2D eigenvalue weighted by atomic mass is 19.3. The van der Waals surface area contributed by atoms with Gasteiger partial charge in [0, 0.05) is 16.7 Å². The van der Waals surface area contributed by atoms with E-state index in [2.05, 4.69) is 0 Å². The van der Waals surface area contributed by atoms with Crippen molar-refractivity contribution in [1.82, 2.24) is 0 Å². The Kier molecular flexibility index (Phi) is 2.58. The van der Waals surface area contributed by atoms with E-state index in [9.17, 15) is 13.2 Å². The zero-order valence-corrected chi connectivity index (χ0v) is 8.77. The summed E-state index contributed by atoms with van der Waals surface area (Å²) < 4.78 is 43.4. The van der Waals surface area contributed by atoms with Gasteiger partial charge in [0.15, 0.2) is 11.6 Å². The van der Waals surface area contributed by atoms with Crippen LogP contribution in [-0.4, -0.2) is 7.11 Å². The van der Waals surface area contributed by atoms with Crippen LogP contribution in [-0.2, 0) is 5.54 Å². The molecule has 1 aliphatic rings. The molecular weight excluding hydrogens is 219 g/mol. The Morgan fingerprint density at radius 1 is 1.38 bits per heavy atom. The van der Waals surface area contributed by atoms with E-state index < -0.39 is 17.8 Å². The van der Waals surface area contributed by atoms with Crippen LogP contribution in [0.5, 0.6) is 5.75 Å². The third-order valence-electron chi connectivity index (χ3n) is 2.85. The average Bonchev–Trinajstić information content (AvgIpc) is 2.96. The lowest BCUT2D eigenvalue weighted by molar-refractivity contribution is 0.150. The first-order valence-electron chi connectivity index (χ1n) is 4.93. The number of hydrogen-bond acceptors (Lipinski definition) is 2. The number of methoxy groups -OCH3 is 1. The van der Waals surface area contributed by atoms with Crippen molar-refractivity contribution in [3.63, 3.8) is 0 Å². The van der Waals surface area contributed by atoms with Crippen molar-refractivity contribution in [2.45, 2.75) is 24.8 Å². The maximum atomic E-state index is 13.5. The summed E-state index contributed by atoms with van der Waals surface area (Å²) in [5.41, 5.74) is 5.18. The van der Waals surface area contributed by atoms with Gasteiger partial charge in [0.05, 0.1) is 7.11 Å². The molecule has 0 spiro atoms. The highest BCUT2D eigenvalue weighted by Gasteiger charge is 2.43. The third kappa shape index (κ3) is 1.75. The number of rotatable bonds is 3. The monoisotopic (exact) mass is 231 g/mol. The fourth-order valence-corrected chi connectivity index (χ4v) is 1.72. The number of benzene rings is 1. The Morgan fingerprint density at radius 3 is 2.44 bits per heavy atom. The number of ether oxygens (including phenoxy) is 1. The van der Waals surface area contributed by atoms with Gasteiger partial charge in [-0.25, -0.2) is 13.2 Å². The van der Waals surface area contributed by atoms with Gasteiger partial charge < -0.3 is 10.5 Å². The first kappa shape index (κ1) is 11.3. The zero-order valence-electron chi connectivity index (χ0n) is 8.77. The van der Waals surface area contributed by atoms with Crippen molar-refractivity contribution in [2.24, 2.45) is 5.73 Å². The van der Waals surface area contributed by atoms with E-state index in [-0.39, 0.29) is 11.3 Å². The molecule has 0 atom stereocenters. The van der Waals surface area contributed by atoms with Crippen molar-refractivity contribution < 1.29 is 17.9 Å². The maximum absolute atomic E-state index is 13.5. The minimum atomic E-state index is -2.71. The summed E-state index contributed by atoms with van der Waals surface area (Å²) in [6.07, 6.45) is -1.38. The number of halogens is 3. The SMILES string of the molecule is COc1c(F)cc(C(F)F)cc1C1(N)CC1. The Hall–Kier alpha value is -1.23. The van der Waals surface area contributed by atoms with Gasteiger partial charge in [0.2, 0.25) is 0 Å². The van der Waals surface area contributed by atoms with Gasteiger partial charge in [-0.3, -0.25) is 0 Å². The van der Waals surface area contributed by atoms with E-state index in [1.54, 1.807) is 0 Å². The average molecular weight is 231 g/mol. The summed E-state index contributed by atoms with van der Waals surface area (Å²) in [6, 6.07) is 2.03. The molecule has 88 valence electrons. The van der Waals surface area contributed by atoms with Crippen LogP contribution in [0.2, 0.25) is 0 Å². The van der Waals surface area contributed by atoms with Crippen molar-refractivity contribution in [1.29, 1.82) is 0 Å². The first-order valence-corrected chi connectivity index (χ1v) is 4.93. The molecule has 0 saturated heterocycles. The van der Waals surface area contributed by atoms with E-state index in [0.717, 1.165) is 6.07 Å². The van der Waals surface area contributed by atoms with E-state index in [1.165, 1.54) is 13.2 Å². The van der Waals surface area contributed by atoms with Crippen LogP contribution in [0.1, 0.15) is 30.4 Å². The molecular formula is C11H12F3NO. The van der Waals surface area contributed by atoms with Gasteiger partial charge in [-0.1, -0.05) is 0 Å². The second kappa shape index (κ2) is 3.66. The molecule has 1 aromatic carbocycles. The molecule has 0 amide bonds. The smallest absolute Gasteiger partial charge is 0.263 e. The molecule has 0 heterocycles. The van der Waals surface area contributed by atoms with Gasteiger partial charge in [0.1, 0.15) is 0 Å². The molecule has 0 bridgehead atoms. The van der Waals surface area contributed by atoms with Gasteiger partial charge in [-0.15, -0.1) is 0 Å². The predicted molar refractivity (Wildman–Crippen MR) is 53.0 cm³/mol. The fraction of sp³-hybridized carbons (Fsp3) is 0.455. The first-order chi connectivity index (χ1) is 7.48. The largest absolute Gasteiger partial charge is 0.493 e. The molecule has 0 unspecified atom stereocenters. The Morgan fingerprint density at radius 2 is 2.00 bits per heavy atom. The summed E-state index contributed by atoms with van der Waals surface area (Å²) in [7, 11) is 1.30. The van der Waals surface area contributed by atoms with E-state index in [4.69, 9.17) is 10.5 Å². The summed E-state index contributed by atoms with van der Waals surface area (Å²) in [5.74, 6) is -0.809. The van der Waals surface area contributed by atoms with Crippen LogP contribution in [0, 0.1) is 5.82 Å². The summed E-state index contributed by atoms with van der Waals surface area (Å²) in [4.78, 5) is 0. The van der Waals surface area contributed by atoms with E-state index >= 15 is 0 Å². The quantitative estimate of drug-likeness (QED) is 0.868. The summed E-state index contributed by atoms with van der Waals surface area (Å²) in [6.45, 7) is 0.